The second kappa shape index (κ2) is 7.10. The molecule has 0 aliphatic carbocycles. The van der Waals surface area contributed by atoms with E-state index in [2.05, 4.69) is 36.5 Å². The largest absolute Gasteiger partial charge is 0.390 e. The molecule has 0 unspecified atom stereocenters. The molecule has 2 rings (SSSR count). The fraction of sp³-hybridized carbons (Fsp3) is 0.176. The van der Waals surface area contributed by atoms with Crippen molar-refractivity contribution < 1.29 is 4.84 Å². The average molecular weight is 263 g/mol. The molecule has 0 aliphatic heterocycles. The van der Waals surface area contributed by atoms with Crippen molar-refractivity contribution in [3.63, 3.8) is 0 Å². The third-order valence-electron chi connectivity index (χ3n) is 2.91. The number of nitriles is 1. The molecular formula is C17H15N2O. The summed E-state index contributed by atoms with van der Waals surface area (Å²) in [4.78, 5) is 5.23. The van der Waals surface area contributed by atoms with Crippen molar-refractivity contribution in [3.8, 4) is 6.07 Å². The molecule has 0 aromatic heterocycles. The summed E-state index contributed by atoms with van der Waals surface area (Å²) in [7, 11) is 0. The van der Waals surface area contributed by atoms with Crippen molar-refractivity contribution in [3.05, 3.63) is 70.8 Å². The molecular weight excluding hydrogens is 248 g/mol. The summed E-state index contributed by atoms with van der Waals surface area (Å²) >= 11 is 0. The Morgan fingerprint density at radius 2 is 1.80 bits per heavy atom. The van der Waals surface area contributed by atoms with Gasteiger partial charge in [0.25, 0.3) is 0 Å². The van der Waals surface area contributed by atoms with Gasteiger partial charge in [-0.15, -0.1) is 0 Å². The topological polar surface area (TPSA) is 45.4 Å². The fourth-order valence-corrected chi connectivity index (χ4v) is 1.81. The zero-order chi connectivity index (χ0) is 14.2. The first-order valence-corrected chi connectivity index (χ1v) is 6.48. The number of nitrogens with zero attached hydrogens (tertiary/aromatic N) is 2. The maximum atomic E-state index is 8.94. The van der Waals surface area contributed by atoms with Crippen LogP contribution in [0.4, 0.5) is 0 Å². The Morgan fingerprint density at radius 3 is 2.55 bits per heavy atom. The van der Waals surface area contributed by atoms with E-state index in [1.54, 1.807) is 18.2 Å². The minimum Gasteiger partial charge on any atom is -0.390 e. The number of aryl methyl sites for hydroxylation is 1. The van der Waals surface area contributed by atoms with Gasteiger partial charge in [-0.05, 0) is 23.6 Å². The molecule has 2 aromatic rings. The van der Waals surface area contributed by atoms with Crippen LogP contribution in [0, 0.1) is 11.3 Å². The monoisotopic (exact) mass is 263 g/mol. The summed E-state index contributed by atoms with van der Waals surface area (Å²) in [5.41, 5.74) is 3.52. The van der Waals surface area contributed by atoms with Gasteiger partial charge in [0.2, 0.25) is 0 Å². The van der Waals surface area contributed by atoms with Crippen LogP contribution in [0.3, 0.4) is 0 Å². The van der Waals surface area contributed by atoms with Gasteiger partial charge in [0.05, 0.1) is 11.6 Å². The molecule has 20 heavy (non-hydrogen) atoms. The molecule has 2 aromatic carbocycles. The van der Waals surface area contributed by atoms with Gasteiger partial charge in [0.15, 0.2) is 0 Å². The van der Waals surface area contributed by atoms with Crippen LogP contribution in [0.15, 0.2) is 53.7 Å². The first-order chi connectivity index (χ1) is 9.83. The second-order valence-electron chi connectivity index (χ2n) is 4.31. The average Bonchev–Trinajstić information content (AvgIpc) is 2.52. The van der Waals surface area contributed by atoms with E-state index >= 15 is 0 Å². The summed E-state index contributed by atoms with van der Waals surface area (Å²) in [5, 5.41) is 12.7. The normalized spacial score (nSPS) is 10.4. The van der Waals surface area contributed by atoms with Crippen LogP contribution in [0.1, 0.15) is 29.2 Å². The third kappa shape index (κ3) is 3.69. The summed E-state index contributed by atoms with van der Waals surface area (Å²) in [6.07, 6.45) is 3.74. The van der Waals surface area contributed by atoms with Crippen LogP contribution in [-0.2, 0) is 17.9 Å². The number of rotatable bonds is 5. The van der Waals surface area contributed by atoms with Gasteiger partial charge in [-0.25, -0.2) is 0 Å². The van der Waals surface area contributed by atoms with E-state index in [9.17, 15) is 0 Å². The van der Waals surface area contributed by atoms with Gasteiger partial charge in [-0.1, -0.05) is 54.5 Å². The Balaban J connectivity index is 1.95. The molecule has 0 bridgehead atoms. The lowest BCUT2D eigenvalue weighted by Crippen LogP contribution is -1.91. The van der Waals surface area contributed by atoms with E-state index in [0.717, 1.165) is 12.0 Å². The maximum absolute atomic E-state index is 8.94. The molecule has 0 saturated carbocycles. The van der Waals surface area contributed by atoms with Crippen molar-refractivity contribution >= 4 is 6.21 Å². The van der Waals surface area contributed by atoms with Crippen LogP contribution >= 0.6 is 0 Å². The highest BCUT2D eigenvalue weighted by Crippen LogP contribution is 2.08. The molecule has 0 atom stereocenters. The lowest BCUT2D eigenvalue weighted by atomic mass is 10.1. The van der Waals surface area contributed by atoms with Gasteiger partial charge in [0, 0.05) is 5.56 Å². The molecule has 0 fully saturated rings. The van der Waals surface area contributed by atoms with E-state index in [0.29, 0.717) is 17.7 Å². The van der Waals surface area contributed by atoms with Gasteiger partial charge >= 0.3 is 0 Å². The molecule has 0 aliphatic rings. The van der Waals surface area contributed by atoms with Crippen molar-refractivity contribution in [2.45, 2.75) is 20.0 Å². The third-order valence-corrected chi connectivity index (χ3v) is 2.91. The van der Waals surface area contributed by atoms with Crippen LogP contribution in [0.2, 0.25) is 0 Å². The number of hydrogen-bond donors (Lipinski definition) is 0. The first kappa shape index (κ1) is 13.8. The highest BCUT2D eigenvalue weighted by atomic mass is 16.6. The van der Waals surface area contributed by atoms with E-state index in [-0.39, 0.29) is 0 Å². The highest BCUT2D eigenvalue weighted by Gasteiger charge is 1.98. The van der Waals surface area contributed by atoms with Crippen LogP contribution in [0.5, 0.6) is 0 Å². The Labute approximate surface area is 119 Å². The zero-order valence-corrected chi connectivity index (χ0v) is 11.3. The predicted molar refractivity (Wildman–Crippen MR) is 78.3 cm³/mol. The lowest BCUT2D eigenvalue weighted by Gasteiger charge is -2.02. The van der Waals surface area contributed by atoms with E-state index in [1.165, 1.54) is 5.56 Å². The molecule has 0 N–H and O–H groups in total. The Kier molecular flexibility index (Phi) is 4.91. The number of benzene rings is 2. The van der Waals surface area contributed by atoms with Gasteiger partial charge < -0.3 is 4.84 Å². The Bertz CT molecular complexity index is 641. The fourth-order valence-electron chi connectivity index (χ4n) is 1.81. The molecule has 0 spiro atoms. The van der Waals surface area contributed by atoms with Gasteiger partial charge in [0.1, 0.15) is 12.8 Å². The Morgan fingerprint density at radius 1 is 1.05 bits per heavy atom. The molecule has 1 radical (unpaired) electrons. The van der Waals surface area contributed by atoms with Crippen LogP contribution < -0.4 is 0 Å². The minimum atomic E-state index is 0.398. The molecule has 99 valence electrons. The van der Waals surface area contributed by atoms with Crippen LogP contribution in [0.25, 0.3) is 0 Å². The van der Waals surface area contributed by atoms with Crippen molar-refractivity contribution in [2.75, 3.05) is 0 Å². The lowest BCUT2D eigenvalue weighted by molar-refractivity contribution is 0.132. The summed E-state index contributed by atoms with van der Waals surface area (Å²) in [6.45, 7) is 2.51. The van der Waals surface area contributed by atoms with Crippen molar-refractivity contribution in [1.82, 2.24) is 0 Å². The predicted octanol–water partition coefficient (Wildman–Crippen LogP) is 3.55. The second-order valence-corrected chi connectivity index (χ2v) is 4.31. The van der Waals surface area contributed by atoms with Crippen molar-refractivity contribution in [1.29, 1.82) is 5.26 Å². The number of hydrogen-bond acceptors (Lipinski definition) is 3. The van der Waals surface area contributed by atoms with Crippen LogP contribution in [-0.4, -0.2) is 6.21 Å². The maximum Gasteiger partial charge on any atom is 0.142 e. The first-order valence-electron chi connectivity index (χ1n) is 6.48. The van der Waals surface area contributed by atoms with Gasteiger partial charge in [-0.3, -0.25) is 0 Å². The molecule has 0 amide bonds. The summed E-state index contributed by atoms with van der Waals surface area (Å²) in [5.74, 6) is 0. The minimum absolute atomic E-state index is 0.398. The summed E-state index contributed by atoms with van der Waals surface area (Å²) < 4.78 is 0. The Hall–Kier alpha value is -2.60. The van der Waals surface area contributed by atoms with Gasteiger partial charge in [-0.2, -0.15) is 5.26 Å². The molecule has 0 saturated heterocycles. The molecule has 0 heterocycles. The summed E-state index contributed by atoms with van der Waals surface area (Å²) in [6, 6.07) is 17.4. The van der Waals surface area contributed by atoms with E-state index < -0.39 is 0 Å². The zero-order valence-electron chi connectivity index (χ0n) is 11.3. The highest BCUT2D eigenvalue weighted by molar-refractivity contribution is 5.82. The standard InChI is InChI=1S/C17H15N2O/c1-2-14-6-5-7-15(10-14)13-20-19-12-17-9-4-3-8-16(17)11-18/h3-10H,2,13H2,1H3. The smallest absolute Gasteiger partial charge is 0.142 e. The van der Waals surface area contributed by atoms with E-state index in [1.807, 2.05) is 18.2 Å². The van der Waals surface area contributed by atoms with E-state index in [4.69, 9.17) is 10.1 Å². The SMILES string of the molecule is CCc1cccc(CO/N=[C]\c2ccccc2C#N)c1. The quantitative estimate of drug-likeness (QED) is 0.611. The van der Waals surface area contributed by atoms with Crippen molar-refractivity contribution in [2.24, 2.45) is 5.16 Å². The molecule has 3 nitrogen and oxygen atoms in total. The molecule has 3 heteroatoms.